The van der Waals surface area contributed by atoms with Crippen molar-refractivity contribution < 1.29 is 14.8 Å². The maximum absolute atomic E-state index is 11.0. The number of nitro groups is 1. The van der Waals surface area contributed by atoms with E-state index in [1.807, 2.05) is 36.1 Å². The largest absolute Gasteiger partial charge is 0.502 e. The minimum absolute atomic E-state index is 0.200. The highest BCUT2D eigenvalue weighted by Gasteiger charge is 2.17. The first kappa shape index (κ1) is 21.9. The predicted molar refractivity (Wildman–Crippen MR) is 123 cm³/mol. The van der Waals surface area contributed by atoms with Gasteiger partial charge in [-0.15, -0.1) is 0 Å². The van der Waals surface area contributed by atoms with Gasteiger partial charge in [0.25, 0.3) is 0 Å². The lowest BCUT2D eigenvalue weighted by molar-refractivity contribution is -0.385. The number of aromatic nitrogens is 3. The van der Waals surface area contributed by atoms with Gasteiger partial charge < -0.3 is 20.1 Å². The molecule has 1 aromatic heterocycles. The molecule has 0 aliphatic carbocycles. The van der Waals surface area contributed by atoms with Crippen molar-refractivity contribution in [1.29, 1.82) is 0 Å². The topological polar surface area (TPSA) is 151 Å². The van der Waals surface area contributed by atoms with Crippen molar-refractivity contribution in [3.05, 3.63) is 63.7 Å². The Labute approximate surface area is 189 Å². The molecule has 12 nitrogen and oxygen atoms in total. The first-order valence-corrected chi connectivity index (χ1v) is 10.2. The van der Waals surface area contributed by atoms with Crippen LogP contribution < -0.4 is 15.6 Å². The number of hydrogen-bond acceptors (Lipinski definition) is 11. The summed E-state index contributed by atoms with van der Waals surface area (Å²) in [5.74, 6) is 0.601. The fraction of sp³-hybridized carbons (Fsp3) is 0.238. The van der Waals surface area contributed by atoms with Crippen LogP contribution in [0.2, 0.25) is 0 Å². The molecule has 0 bridgehead atoms. The summed E-state index contributed by atoms with van der Waals surface area (Å²) in [6.07, 6.45) is 1.37. The maximum Gasteiger partial charge on any atom is 0.311 e. The summed E-state index contributed by atoms with van der Waals surface area (Å²) in [4.78, 5) is 25.7. The lowest BCUT2D eigenvalue weighted by atomic mass is 10.2. The molecular formula is C21H22N8O4. The molecule has 0 amide bonds. The molecule has 2 aromatic carbocycles. The molecule has 170 valence electrons. The standard InChI is InChI=1S/C21H22N8O4/c1-14-2-5-16(6-3-14)23-19-24-20(26-21(25-19)28-8-10-33-11-9-28)27-22-13-15-4-7-18(30)17(12-15)29(31)32/h2-7,12-13,30H,8-11H2,1H3,(H2,23,24,25,26,27). The van der Waals surface area contributed by atoms with Gasteiger partial charge in [-0.1, -0.05) is 17.7 Å². The number of rotatable bonds is 7. The van der Waals surface area contributed by atoms with Crippen LogP contribution in [0.25, 0.3) is 0 Å². The van der Waals surface area contributed by atoms with Crippen LogP contribution in [0.1, 0.15) is 11.1 Å². The van der Waals surface area contributed by atoms with Crippen LogP contribution in [0.5, 0.6) is 5.75 Å². The molecular weight excluding hydrogens is 428 g/mol. The fourth-order valence-corrected chi connectivity index (χ4v) is 3.07. The van der Waals surface area contributed by atoms with Gasteiger partial charge in [0.1, 0.15) is 0 Å². The van der Waals surface area contributed by atoms with Crippen LogP contribution in [0.4, 0.5) is 29.2 Å². The number of anilines is 4. The molecule has 0 radical (unpaired) electrons. The third-order valence-corrected chi connectivity index (χ3v) is 4.80. The first-order chi connectivity index (χ1) is 16.0. The fourth-order valence-electron chi connectivity index (χ4n) is 3.07. The molecule has 1 aliphatic heterocycles. The molecule has 2 heterocycles. The van der Waals surface area contributed by atoms with E-state index in [0.29, 0.717) is 43.8 Å². The van der Waals surface area contributed by atoms with Crippen LogP contribution in [0.3, 0.4) is 0 Å². The average Bonchev–Trinajstić information content (AvgIpc) is 2.82. The Morgan fingerprint density at radius 2 is 1.85 bits per heavy atom. The molecule has 3 aromatic rings. The van der Waals surface area contributed by atoms with E-state index in [1.165, 1.54) is 24.4 Å². The molecule has 0 atom stereocenters. The highest BCUT2D eigenvalue weighted by Crippen LogP contribution is 2.25. The minimum atomic E-state index is -0.663. The third kappa shape index (κ3) is 5.68. The maximum atomic E-state index is 11.0. The van der Waals surface area contributed by atoms with Crippen LogP contribution in [-0.2, 0) is 4.74 Å². The molecule has 4 rings (SSSR count). The number of benzene rings is 2. The SMILES string of the molecule is Cc1ccc(Nc2nc(NN=Cc3ccc(O)c([N+](=O)[O-])c3)nc(N3CCOCC3)n2)cc1. The minimum Gasteiger partial charge on any atom is -0.502 e. The van der Waals surface area contributed by atoms with Crippen LogP contribution >= 0.6 is 0 Å². The molecule has 0 unspecified atom stereocenters. The van der Waals surface area contributed by atoms with E-state index in [2.05, 4.69) is 30.8 Å². The number of phenols is 1. The van der Waals surface area contributed by atoms with Gasteiger partial charge in [-0.05, 0) is 31.2 Å². The Kier molecular flexibility index (Phi) is 6.55. The zero-order valence-electron chi connectivity index (χ0n) is 17.8. The van der Waals surface area contributed by atoms with Crippen LogP contribution in [-0.4, -0.2) is 57.5 Å². The predicted octanol–water partition coefficient (Wildman–Crippen LogP) is 2.82. The monoisotopic (exact) mass is 450 g/mol. The number of nitrogens with zero attached hydrogens (tertiary/aromatic N) is 6. The van der Waals surface area contributed by atoms with Crippen molar-refractivity contribution >= 4 is 35.4 Å². The van der Waals surface area contributed by atoms with E-state index >= 15 is 0 Å². The molecule has 1 fully saturated rings. The number of nitrogens with one attached hydrogen (secondary N) is 2. The summed E-state index contributed by atoms with van der Waals surface area (Å²) in [6, 6.07) is 11.8. The summed E-state index contributed by atoms with van der Waals surface area (Å²) in [6.45, 7) is 4.45. The van der Waals surface area contributed by atoms with Gasteiger partial charge in [0.05, 0.1) is 24.4 Å². The Morgan fingerprint density at radius 3 is 2.58 bits per heavy atom. The highest BCUT2D eigenvalue weighted by atomic mass is 16.6. The third-order valence-electron chi connectivity index (χ3n) is 4.80. The van der Waals surface area contributed by atoms with E-state index in [0.717, 1.165) is 11.3 Å². The number of aromatic hydroxyl groups is 1. The normalized spacial score (nSPS) is 13.8. The van der Waals surface area contributed by atoms with Crippen LogP contribution in [0.15, 0.2) is 47.6 Å². The number of aryl methyl sites for hydroxylation is 1. The average molecular weight is 450 g/mol. The van der Waals surface area contributed by atoms with Crippen molar-refractivity contribution in [3.8, 4) is 5.75 Å². The smallest absolute Gasteiger partial charge is 0.311 e. The van der Waals surface area contributed by atoms with Gasteiger partial charge in [0, 0.05) is 30.4 Å². The van der Waals surface area contributed by atoms with Crippen LogP contribution in [0, 0.1) is 17.0 Å². The van der Waals surface area contributed by atoms with Gasteiger partial charge in [-0.2, -0.15) is 20.1 Å². The van der Waals surface area contributed by atoms with Crippen molar-refractivity contribution in [3.63, 3.8) is 0 Å². The van der Waals surface area contributed by atoms with Gasteiger partial charge in [0.2, 0.25) is 17.8 Å². The number of hydrazone groups is 1. The Bertz CT molecular complexity index is 1160. The molecule has 1 aliphatic rings. The van der Waals surface area contributed by atoms with E-state index in [1.54, 1.807) is 0 Å². The first-order valence-electron chi connectivity index (χ1n) is 10.2. The van der Waals surface area contributed by atoms with Gasteiger partial charge >= 0.3 is 5.69 Å². The number of hydrogen-bond donors (Lipinski definition) is 3. The second-order valence-corrected chi connectivity index (χ2v) is 7.25. The number of ether oxygens (including phenoxy) is 1. The van der Waals surface area contributed by atoms with E-state index in [9.17, 15) is 15.2 Å². The highest BCUT2D eigenvalue weighted by molar-refractivity contribution is 5.82. The summed E-state index contributed by atoms with van der Waals surface area (Å²) < 4.78 is 5.40. The molecule has 33 heavy (non-hydrogen) atoms. The summed E-state index contributed by atoms with van der Waals surface area (Å²) >= 11 is 0. The van der Waals surface area contributed by atoms with Crippen molar-refractivity contribution in [2.45, 2.75) is 6.92 Å². The lowest BCUT2D eigenvalue weighted by Crippen LogP contribution is -2.37. The quantitative estimate of drug-likeness (QED) is 0.278. The lowest BCUT2D eigenvalue weighted by Gasteiger charge is -2.27. The number of phenolic OH excluding ortho intramolecular Hbond substituents is 1. The molecule has 0 saturated carbocycles. The summed E-state index contributed by atoms with van der Waals surface area (Å²) in [5, 5.41) is 27.8. The van der Waals surface area contributed by atoms with Crippen molar-refractivity contribution in [2.75, 3.05) is 41.9 Å². The summed E-state index contributed by atoms with van der Waals surface area (Å²) in [7, 11) is 0. The van der Waals surface area contributed by atoms with E-state index in [-0.39, 0.29) is 5.95 Å². The Hall–Kier alpha value is -4.32. The second-order valence-electron chi connectivity index (χ2n) is 7.25. The van der Waals surface area contributed by atoms with Gasteiger partial charge in [0.15, 0.2) is 5.75 Å². The van der Waals surface area contributed by atoms with Crippen molar-refractivity contribution in [2.24, 2.45) is 5.10 Å². The zero-order valence-corrected chi connectivity index (χ0v) is 17.8. The molecule has 12 heteroatoms. The summed E-state index contributed by atoms with van der Waals surface area (Å²) in [5.41, 5.74) is 4.73. The van der Waals surface area contributed by atoms with Gasteiger partial charge in [-0.25, -0.2) is 5.43 Å². The Morgan fingerprint density at radius 1 is 1.12 bits per heavy atom. The number of nitro benzene ring substituents is 1. The van der Waals surface area contributed by atoms with Gasteiger partial charge in [-0.3, -0.25) is 10.1 Å². The molecule has 0 spiro atoms. The van der Waals surface area contributed by atoms with Crippen molar-refractivity contribution in [1.82, 2.24) is 15.0 Å². The number of morpholine rings is 1. The molecule has 3 N–H and O–H groups in total. The zero-order chi connectivity index (χ0) is 23.2. The molecule has 1 saturated heterocycles. The van der Waals surface area contributed by atoms with E-state index < -0.39 is 16.4 Å². The Balaban J connectivity index is 1.56. The van der Waals surface area contributed by atoms with E-state index in [4.69, 9.17) is 4.74 Å². The second kappa shape index (κ2) is 9.87.